The summed E-state index contributed by atoms with van der Waals surface area (Å²) in [6.45, 7) is 7.89. The lowest BCUT2D eigenvalue weighted by atomic mass is 9.97. The normalized spacial score (nSPS) is 14.4. The van der Waals surface area contributed by atoms with Crippen molar-refractivity contribution in [2.45, 2.75) is 52.6 Å². The van der Waals surface area contributed by atoms with Crippen LogP contribution in [0.1, 0.15) is 46.1 Å². The van der Waals surface area contributed by atoms with E-state index in [0.717, 1.165) is 12.8 Å². The minimum absolute atomic E-state index is 0.161. The number of phenols is 1. The number of hydrogen-bond acceptors (Lipinski definition) is 6. The van der Waals surface area contributed by atoms with Gasteiger partial charge in [0.2, 0.25) is 0 Å². The van der Waals surface area contributed by atoms with Gasteiger partial charge in [0.1, 0.15) is 23.1 Å². The number of aromatic hydroxyl groups is 1. The molecule has 0 amide bonds. The highest BCUT2D eigenvalue weighted by Crippen LogP contribution is 2.39. The summed E-state index contributed by atoms with van der Waals surface area (Å²) in [5, 5.41) is 26.5. The first-order valence-electron chi connectivity index (χ1n) is 8.99. The van der Waals surface area contributed by atoms with Gasteiger partial charge in [-0.3, -0.25) is 4.79 Å². The summed E-state index contributed by atoms with van der Waals surface area (Å²) < 4.78 is 25.2. The molecule has 0 aliphatic heterocycles. The van der Waals surface area contributed by atoms with Gasteiger partial charge in [0, 0.05) is 18.2 Å². The number of hydrogen-bond donors (Lipinski definition) is 4. The van der Waals surface area contributed by atoms with Gasteiger partial charge in [0.15, 0.2) is 5.82 Å². The topological polar surface area (TPSA) is 125 Å². The molecule has 1 aromatic carbocycles. The number of carbonyl (C=O) groups excluding carboxylic acids is 1. The van der Waals surface area contributed by atoms with Crippen LogP contribution in [0.4, 0.5) is 9.18 Å². The molecule has 1 aliphatic rings. The lowest BCUT2D eigenvalue weighted by Gasteiger charge is -2.22. The highest BCUT2D eigenvalue weighted by molar-refractivity contribution is 6.32. The number of esters is 1. The number of carboxylic acid groups (broad SMARTS) is 2. The first kappa shape index (κ1) is 24.8. The summed E-state index contributed by atoms with van der Waals surface area (Å²) in [6.07, 6.45) is -0.163. The zero-order valence-corrected chi connectivity index (χ0v) is 17.6. The van der Waals surface area contributed by atoms with E-state index in [0.29, 0.717) is 6.61 Å². The van der Waals surface area contributed by atoms with Crippen molar-refractivity contribution >= 4 is 23.7 Å². The van der Waals surface area contributed by atoms with E-state index in [4.69, 9.17) is 36.1 Å². The van der Waals surface area contributed by atoms with Crippen LogP contribution in [0.15, 0.2) is 6.07 Å². The quantitative estimate of drug-likeness (QED) is 0.473. The second-order valence-electron chi connectivity index (χ2n) is 7.68. The predicted molar refractivity (Wildman–Crippen MR) is 104 cm³/mol. The van der Waals surface area contributed by atoms with Gasteiger partial charge >= 0.3 is 12.1 Å². The number of nitrogens with one attached hydrogen (secondary N) is 1. The molecular weight excluding hydrogens is 409 g/mol. The highest BCUT2D eigenvalue weighted by atomic mass is 35.5. The summed E-state index contributed by atoms with van der Waals surface area (Å²) in [7, 11) is 0. The Balaban J connectivity index is 0.000000960. The molecule has 0 atom stereocenters. The number of halogens is 2. The third-order valence-corrected chi connectivity index (χ3v) is 4.49. The predicted octanol–water partition coefficient (Wildman–Crippen LogP) is 4.02. The Kier molecular flexibility index (Phi) is 8.52. The molecule has 0 radical (unpaired) electrons. The van der Waals surface area contributed by atoms with Gasteiger partial charge in [-0.05, 0) is 40.5 Å². The maximum atomic E-state index is 14.4. The monoisotopic (exact) mass is 435 g/mol. The van der Waals surface area contributed by atoms with Crippen LogP contribution in [0.25, 0.3) is 0 Å². The molecule has 0 saturated heterocycles. The molecule has 8 nitrogen and oxygen atoms in total. The molecule has 29 heavy (non-hydrogen) atoms. The molecule has 4 N–H and O–H groups in total. The number of benzene rings is 1. The van der Waals surface area contributed by atoms with E-state index in [1.54, 1.807) is 27.7 Å². The third kappa shape index (κ3) is 7.58. The van der Waals surface area contributed by atoms with E-state index >= 15 is 0 Å². The fourth-order valence-corrected chi connectivity index (χ4v) is 2.46. The van der Waals surface area contributed by atoms with Gasteiger partial charge in [-0.15, -0.1) is 0 Å². The second-order valence-corrected chi connectivity index (χ2v) is 8.05. The summed E-state index contributed by atoms with van der Waals surface area (Å²) >= 11 is 5.80. The van der Waals surface area contributed by atoms with E-state index in [2.05, 4.69) is 5.32 Å². The largest absolute Gasteiger partial charge is 0.506 e. The number of ether oxygens (including phenoxy) is 2. The van der Waals surface area contributed by atoms with Gasteiger partial charge in [-0.2, -0.15) is 0 Å². The van der Waals surface area contributed by atoms with Gasteiger partial charge < -0.3 is 30.1 Å². The van der Waals surface area contributed by atoms with Gasteiger partial charge in [0.25, 0.3) is 0 Å². The smallest absolute Gasteiger partial charge is 0.503 e. The van der Waals surface area contributed by atoms with E-state index < -0.39 is 17.4 Å². The highest BCUT2D eigenvalue weighted by Gasteiger charge is 2.44. The molecule has 1 fully saturated rings. The van der Waals surface area contributed by atoms with E-state index in [1.807, 2.05) is 0 Å². The van der Waals surface area contributed by atoms with Crippen molar-refractivity contribution in [3.05, 3.63) is 22.5 Å². The molecule has 2 rings (SSSR count). The van der Waals surface area contributed by atoms with Crippen LogP contribution in [0, 0.1) is 11.2 Å². The van der Waals surface area contributed by atoms with Crippen LogP contribution in [0.3, 0.4) is 0 Å². The van der Waals surface area contributed by atoms with Crippen LogP contribution < -0.4 is 10.1 Å². The fourth-order valence-electron chi connectivity index (χ4n) is 2.30. The molecule has 1 aliphatic carbocycles. The van der Waals surface area contributed by atoms with Gasteiger partial charge in [-0.25, -0.2) is 9.18 Å². The van der Waals surface area contributed by atoms with Crippen molar-refractivity contribution < 1.29 is 38.8 Å². The molecule has 164 valence electrons. The van der Waals surface area contributed by atoms with E-state index in [-0.39, 0.29) is 46.7 Å². The first-order chi connectivity index (χ1) is 13.3. The Morgan fingerprint density at radius 1 is 1.31 bits per heavy atom. The van der Waals surface area contributed by atoms with Gasteiger partial charge in [-0.1, -0.05) is 11.6 Å². The van der Waals surface area contributed by atoms with E-state index in [1.165, 1.54) is 6.07 Å². The molecular formula is C19H27ClFNO7. The number of rotatable bonds is 7. The van der Waals surface area contributed by atoms with E-state index in [9.17, 15) is 14.3 Å². The fraction of sp³-hybridized carbons (Fsp3) is 0.579. The Morgan fingerprint density at radius 3 is 2.31 bits per heavy atom. The van der Waals surface area contributed by atoms with Crippen molar-refractivity contribution in [1.82, 2.24) is 5.32 Å². The van der Waals surface area contributed by atoms with Crippen molar-refractivity contribution in [1.29, 1.82) is 0 Å². The third-order valence-electron chi connectivity index (χ3n) is 4.13. The SMILES string of the molecule is CCOc1cc(O)c(Cl)c(F)c1CNC1(COC(=O)C(C)(C)C)CC1.O=C(O)O. The summed E-state index contributed by atoms with van der Waals surface area (Å²) in [6, 6.07) is 1.31. The molecule has 1 aromatic rings. The minimum Gasteiger partial charge on any atom is -0.506 e. The lowest BCUT2D eigenvalue weighted by molar-refractivity contribution is -0.154. The zero-order chi connectivity index (χ0) is 22.4. The Morgan fingerprint density at radius 2 is 1.86 bits per heavy atom. The molecule has 0 bridgehead atoms. The molecule has 1 saturated carbocycles. The number of carbonyl (C=O) groups is 2. The zero-order valence-electron chi connectivity index (χ0n) is 16.8. The molecule has 0 unspecified atom stereocenters. The van der Waals surface area contributed by atoms with Crippen LogP contribution >= 0.6 is 11.6 Å². The summed E-state index contributed by atoms with van der Waals surface area (Å²) in [4.78, 5) is 20.5. The van der Waals surface area contributed by atoms with Crippen molar-refractivity contribution in [2.24, 2.45) is 5.41 Å². The molecule has 0 heterocycles. The van der Waals surface area contributed by atoms with Crippen molar-refractivity contribution in [3.8, 4) is 11.5 Å². The Labute approximate surface area is 173 Å². The lowest BCUT2D eigenvalue weighted by Crippen LogP contribution is -2.38. The molecule has 0 aromatic heterocycles. The van der Waals surface area contributed by atoms with Crippen LogP contribution in [0.5, 0.6) is 11.5 Å². The first-order valence-corrected chi connectivity index (χ1v) is 9.37. The summed E-state index contributed by atoms with van der Waals surface area (Å²) in [5.74, 6) is -1.09. The average Bonchev–Trinajstić information content (AvgIpc) is 3.36. The standard InChI is InChI=1S/C18H25ClFNO4.CH2O3/c1-5-24-13-8-12(22)14(19)15(20)11(13)9-21-18(6-7-18)10-25-16(23)17(2,3)4;2-1(3)4/h8,21-22H,5-7,9-10H2,1-4H3;(H2,2,3,4). The van der Waals surface area contributed by atoms with Crippen LogP contribution in [0.2, 0.25) is 5.02 Å². The Hall–Kier alpha value is -2.26. The number of phenolic OH excluding ortho intramolecular Hbond substituents is 1. The Bertz CT molecular complexity index is 741. The van der Waals surface area contributed by atoms with Crippen LogP contribution in [-0.2, 0) is 16.1 Å². The summed E-state index contributed by atoms with van der Waals surface area (Å²) in [5.41, 5.74) is -0.659. The molecule has 10 heteroatoms. The average molecular weight is 436 g/mol. The maximum Gasteiger partial charge on any atom is 0.503 e. The van der Waals surface area contributed by atoms with Crippen molar-refractivity contribution in [3.63, 3.8) is 0 Å². The second kappa shape index (κ2) is 9.98. The van der Waals surface area contributed by atoms with Gasteiger partial charge in [0.05, 0.1) is 17.6 Å². The van der Waals surface area contributed by atoms with Crippen LogP contribution in [-0.4, -0.2) is 46.2 Å². The maximum absolute atomic E-state index is 14.4. The molecule has 0 spiro atoms. The van der Waals surface area contributed by atoms with Crippen molar-refractivity contribution in [2.75, 3.05) is 13.2 Å². The minimum atomic E-state index is -1.83.